The fourth-order valence-electron chi connectivity index (χ4n) is 1.87. The van der Waals surface area contributed by atoms with Crippen molar-refractivity contribution < 1.29 is 0 Å². The first-order valence-corrected chi connectivity index (χ1v) is 6.06. The number of nitrogens with zero attached hydrogens (tertiary/aromatic N) is 3. The SMILES string of the molecule is CC(C)CNc1cc(N2CCCC2)ncn1. The van der Waals surface area contributed by atoms with Gasteiger partial charge in [0, 0.05) is 25.7 Å². The van der Waals surface area contributed by atoms with Gasteiger partial charge >= 0.3 is 0 Å². The van der Waals surface area contributed by atoms with Crippen molar-refractivity contribution in [3.8, 4) is 0 Å². The van der Waals surface area contributed by atoms with Crippen molar-refractivity contribution >= 4 is 11.6 Å². The Kier molecular flexibility index (Phi) is 3.59. The van der Waals surface area contributed by atoms with Gasteiger partial charge < -0.3 is 10.2 Å². The molecule has 0 radical (unpaired) electrons. The standard InChI is InChI=1S/C12H20N4/c1-10(2)8-13-11-7-12(15-9-14-11)16-5-3-4-6-16/h7,9-10H,3-6,8H2,1-2H3,(H,13,14,15). The molecule has 0 saturated carbocycles. The van der Waals surface area contributed by atoms with Gasteiger partial charge in [-0.15, -0.1) is 0 Å². The molecule has 1 N–H and O–H groups in total. The van der Waals surface area contributed by atoms with Crippen LogP contribution in [0, 0.1) is 5.92 Å². The molecule has 0 bridgehead atoms. The van der Waals surface area contributed by atoms with Gasteiger partial charge in [0.05, 0.1) is 0 Å². The molecule has 88 valence electrons. The summed E-state index contributed by atoms with van der Waals surface area (Å²) in [6, 6.07) is 2.05. The Morgan fingerprint density at radius 2 is 2.06 bits per heavy atom. The normalized spacial score (nSPS) is 15.8. The lowest BCUT2D eigenvalue weighted by Crippen LogP contribution is -2.19. The van der Waals surface area contributed by atoms with Gasteiger partial charge in [0.25, 0.3) is 0 Å². The van der Waals surface area contributed by atoms with Crippen molar-refractivity contribution in [1.29, 1.82) is 0 Å². The van der Waals surface area contributed by atoms with Gasteiger partial charge in [-0.25, -0.2) is 9.97 Å². The van der Waals surface area contributed by atoms with Crippen molar-refractivity contribution in [1.82, 2.24) is 9.97 Å². The van der Waals surface area contributed by atoms with Crippen LogP contribution in [0.15, 0.2) is 12.4 Å². The molecule has 0 unspecified atom stereocenters. The van der Waals surface area contributed by atoms with E-state index in [0.717, 1.165) is 31.3 Å². The molecule has 1 fully saturated rings. The molecule has 1 aromatic rings. The number of nitrogens with one attached hydrogen (secondary N) is 1. The fourth-order valence-corrected chi connectivity index (χ4v) is 1.87. The highest BCUT2D eigenvalue weighted by molar-refractivity contribution is 5.48. The second kappa shape index (κ2) is 5.14. The van der Waals surface area contributed by atoms with Gasteiger partial charge in [0.2, 0.25) is 0 Å². The Labute approximate surface area is 97.1 Å². The predicted octanol–water partition coefficient (Wildman–Crippen LogP) is 2.14. The third-order valence-electron chi connectivity index (χ3n) is 2.77. The molecule has 0 aliphatic carbocycles. The average molecular weight is 220 g/mol. The van der Waals surface area contributed by atoms with E-state index in [4.69, 9.17) is 0 Å². The molecule has 0 spiro atoms. The fraction of sp³-hybridized carbons (Fsp3) is 0.667. The number of rotatable bonds is 4. The zero-order valence-corrected chi connectivity index (χ0v) is 10.1. The Morgan fingerprint density at radius 3 is 2.75 bits per heavy atom. The van der Waals surface area contributed by atoms with Gasteiger partial charge in [0.1, 0.15) is 18.0 Å². The van der Waals surface area contributed by atoms with Gasteiger partial charge in [0.15, 0.2) is 0 Å². The minimum atomic E-state index is 0.630. The van der Waals surface area contributed by atoms with E-state index in [9.17, 15) is 0 Å². The van der Waals surface area contributed by atoms with E-state index in [2.05, 4.69) is 34.0 Å². The number of hydrogen-bond acceptors (Lipinski definition) is 4. The molecular weight excluding hydrogens is 200 g/mol. The molecule has 0 aromatic carbocycles. The summed E-state index contributed by atoms with van der Waals surface area (Å²) in [6.45, 7) is 7.59. The van der Waals surface area contributed by atoms with Crippen LogP contribution in [0.1, 0.15) is 26.7 Å². The first-order valence-electron chi connectivity index (χ1n) is 6.06. The van der Waals surface area contributed by atoms with Crippen molar-refractivity contribution in [3.63, 3.8) is 0 Å². The van der Waals surface area contributed by atoms with Crippen LogP contribution in [0.4, 0.5) is 11.6 Å². The van der Waals surface area contributed by atoms with Gasteiger partial charge in [-0.3, -0.25) is 0 Å². The molecule has 1 aliphatic rings. The summed E-state index contributed by atoms with van der Waals surface area (Å²) in [6.07, 6.45) is 4.20. The highest BCUT2D eigenvalue weighted by Gasteiger charge is 2.13. The van der Waals surface area contributed by atoms with Crippen molar-refractivity contribution in [2.75, 3.05) is 29.9 Å². The molecular formula is C12H20N4. The summed E-state index contributed by atoms with van der Waals surface area (Å²) in [4.78, 5) is 10.9. The summed E-state index contributed by atoms with van der Waals surface area (Å²) in [5, 5.41) is 3.33. The topological polar surface area (TPSA) is 41.0 Å². The lowest BCUT2D eigenvalue weighted by atomic mass is 10.2. The van der Waals surface area contributed by atoms with E-state index >= 15 is 0 Å². The summed E-state index contributed by atoms with van der Waals surface area (Å²) < 4.78 is 0. The maximum absolute atomic E-state index is 4.32. The van der Waals surface area contributed by atoms with Crippen LogP contribution in [0.5, 0.6) is 0 Å². The number of hydrogen-bond donors (Lipinski definition) is 1. The highest BCUT2D eigenvalue weighted by atomic mass is 15.2. The van der Waals surface area contributed by atoms with Crippen LogP contribution >= 0.6 is 0 Å². The smallest absolute Gasteiger partial charge is 0.134 e. The quantitative estimate of drug-likeness (QED) is 0.844. The third kappa shape index (κ3) is 2.84. The molecule has 0 atom stereocenters. The van der Waals surface area contributed by atoms with Crippen LogP contribution in [-0.2, 0) is 0 Å². The minimum absolute atomic E-state index is 0.630. The summed E-state index contributed by atoms with van der Waals surface area (Å²) >= 11 is 0. The summed E-state index contributed by atoms with van der Waals surface area (Å²) in [5.41, 5.74) is 0. The Hall–Kier alpha value is -1.32. The first-order chi connectivity index (χ1) is 7.75. The highest BCUT2D eigenvalue weighted by Crippen LogP contribution is 2.19. The molecule has 2 rings (SSSR count). The van der Waals surface area contributed by atoms with Gasteiger partial charge in [-0.2, -0.15) is 0 Å². The van der Waals surface area contributed by atoms with E-state index in [1.165, 1.54) is 12.8 Å². The zero-order chi connectivity index (χ0) is 11.4. The maximum Gasteiger partial charge on any atom is 0.134 e. The zero-order valence-electron chi connectivity index (χ0n) is 10.1. The monoisotopic (exact) mass is 220 g/mol. The number of anilines is 2. The van der Waals surface area contributed by atoms with Gasteiger partial charge in [-0.05, 0) is 18.8 Å². The largest absolute Gasteiger partial charge is 0.370 e. The lowest BCUT2D eigenvalue weighted by molar-refractivity contribution is 0.686. The molecule has 1 aliphatic heterocycles. The van der Waals surface area contributed by atoms with Crippen LogP contribution in [-0.4, -0.2) is 29.6 Å². The van der Waals surface area contributed by atoms with Crippen LogP contribution in [0.2, 0.25) is 0 Å². The van der Waals surface area contributed by atoms with Crippen LogP contribution < -0.4 is 10.2 Å². The second-order valence-electron chi connectivity index (χ2n) is 4.73. The Bertz CT molecular complexity index is 332. The number of aromatic nitrogens is 2. The molecule has 0 amide bonds. The van der Waals surface area contributed by atoms with E-state index < -0.39 is 0 Å². The Morgan fingerprint density at radius 1 is 1.31 bits per heavy atom. The first kappa shape index (κ1) is 11.2. The summed E-state index contributed by atoms with van der Waals surface area (Å²) in [7, 11) is 0. The molecule has 2 heterocycles. The predicted molar refractivity (Wildman–Crippen MR) is 66.8 cm³/mol. The molecule has 1 aromatic heterocycles. The van der Waals surface area contributed by atoms with Crippen LogP contribution in [0.25, 0.3) is 0 Å². The van der Waals surface area contributed by atoms with E-state index in [1.54, 1.807) is 6.33 Å². The van der Waals surface area contributed by atoms with Crippen molar-refractivity contribution in [3.05, 3.63) is 12.4 Å². The third-order valence-corrected chi connectivity index (χ3v) is 2.77. The van der Waals surface area contributed by atoms with Crippen molar-refractivity contribution in [2.24, 2.45) is 5.92 Å². The van der Waals surface area contributed by atoms with Crippen LogP contribution in [0.3, 0.4) is 0 Å². The molecule has 16 heavy (non-hydrogen) atoms. The minimum Gasteiger partial charge on any atom is -0.370 e. The molecule has 4 heteroatoms. The summed E-state index contributed by atoms with van der Waals surface area (Å²) in [5.74, 6) is 2.62. The van der Waals surface area contributed by atoms with E-state index in [-0.39, 0.29) is 0 Å². The van der Waals surface area contributed by atoms with Crippen molar-refractivity contribution in [2.45, 2.75) is 26.7 Å². The van der Waals surface area contributed by atoms with E-state index in [0.29, 0.717) is 5.92 Å². The molecule has 1 saturated heterocycles. The Balaban J connectivity index is 2.01. The van der Waals surface area contributed by atoms with Gasteiger partial charge in [-0.1, -0.05) is 13.8 Å². The maximum atomic E-state index is 4.32. The second-order valence-corrected chi connectivity index (χ2v) is 4.73. The molecule has 4 nitrogen and oxygen atoms in total. The van der Waals surface area contributed by atoms with E-state index in [1.807, 2.05) is 6.07 Å². The average Bonchev–Trinajstić information content (AvgIpc) is 2.80. The lowest BCUT2D eigenvalue weighted by Gasteiger charge is -2.17.